The molecule has 15 heavy (non-hydrogen) atoms. The molecule has 5 heteroatoms. The normalized spacial score (nSPS) is 10.8. The summed E-state index contributed by atoms with van der Waals surface area (Å²) in [4.78, 5) is 16.0. The van der Waals surface area contributed by atoms with E-state index in [0.29, 0.717) is 0 Å². The minimum absolute atomic E-state index is 0.740. The number of aryl methyl sites for hydroxylation is 1. The Hall–Kier alpha value is -1.65. The number of anilines is 1. The molecule has 0 unspecified atom stereocenters. The first-order valence-corrected chi connectivity index (χ1v) is 5.28. The van der Waals surface area contributed by atoms with Gasteiger partial charge in [0.05, 0.1) is 0 Å². The summed E-state index contributed by atoms with van der Waals surface area (Å²) in [5.74, 6) is 1.81. The number of nitrogens with one attached hydrogen (secondary N) is 2. The molecule has 0 atom stereocenters. The second-order valence-corrected chi connectivity index (χ2v) is 3.38. The van der Waals surface area contributed by atoms with Crippen LogP contribution in [0, 0.1) is 0 Å². The van der Waals surface area contributed by atoms with Crippen LogP contribution in [0.15, 0.2) is 6.33 Å². The summed E-state index contributed by atoms with van der Waals surface area (Å²) in [6.07, 6.45) is 3.56. The van der Waals surface area contributed by atoms with Gasteiger partial charge in [-0.25, -0.2) is 15.0 Å². The van der Waals surface area contributed by atoms with Gasteiger partial charge in [0.1, 0.15) is 17.7 Å². The van der Waals surface area contributed by atoms with Crippen LogP contribution in [0.1, 0.15) is 26.1 Å². The van der Waals surface area contributed by atoms with Crippen molar-refractivity contribution in [2.24, 2.45) is 0 Å². The van der Waals surface area contributed by atoms with Crippen LogP contribution in [0.2, 0.25) is 0 Å². The molecule has 0 aliphatic carbocycles. The van der Waals surface area contributed by atoms with E-state index in [-0.39, 0.29) is 0 Å². The molecular formula is C10H15N5. The van der Waals surface area contributed by atoms with Gasteiger partial charge < -0.3 is 10.3 Å². The Morgan fingerprint density at radius 1 is 1.33 bits per heavy atom. The molecule has 0 saturated carbocycles. The molecule has 0 bridgehead atoms. The highest BCUT2D eigenvalue weighted by atomic mass is 15.1. The average molecular weight is 205 g/mol. The fraction of sp³-hybridized carbons (Fsp3) is 0.500. The van der Waals surface area contributed by atoms with E-state index in [1.165, 1.54) is 6.33 Å². The van der Waals surface area contributed by atoms with E-state index in [1.54, 1.807) is 0 Å². The molecule has 0 aliphatic rings. The van der Waals surface area contributed by atoms with Gasteiger partial charge in [-0.3, -0.25) is 0 Å². The average Bonchev–Trinajstić information content (AvgIpc) is 2.62. The molecule has 0 saturated heterocycles. The molecule has 5 nitrogen and oxygen atoms in total. The van der Waals surface area contributed by atoms with Crippen molar-refractivity contribution in [1.82, 2.24) is 19.9 Å². The minimum atomic E-state index is 0.740. The Balaban J connectivity index is 2.44. The second kappa shape index (κ2) is 4.25. The summed E-state index contributed by atoms with van der Waals surface area (Å²) in [6, 6.07) is 0. The van der Waals surface area contributed by atoms with Crippen LogP contribution >= 0.6 is 0 Å². The third-order valence-corrected chi connectivity index (χ3v) is 2.17. The van der Waals surface area contributed by atoms with Crippen molar-refractivity contribution in [1.29, 1.82) is 0 Å². The number of rotatable bonds is 4. The number of nitrogens with zero attached hydrogens (tertiary/aromatic N) is 3. The quantitative estimate of drug-likeness (QED) is 0.797. The zero-order valence-corrected chi connectivity index (χ0v) is 9.04. The van der Waals surface area contributed by atoms with Gasteiger partial charge in [0.25, 0.3) is 0 Å². The van der Waals surface area contributed by atoms with Crippen molar-refractivity contribution in [3.05, 3.63) is 12.2 Å². The zero-order valence-electron chi connectivity index (χ0n) is 9.04. The van der Waals surface area contributed by atoms with E-state index < -0.39 is 0 Å². The van der Waals surface area contributed by atoms with Gasteiger partial charge in [0.15, 0.2) is 11.5 Å². The number of imidazole rings is 1. The maximum absolute atomic E-state index is 4.40. The summed E-state index contributed by atoms with van der Waals surface area (Å²) in [5.41, 5.74) is 1.65. The van der Waals surface area contributed by atoms with Gasteiger partial charge in [-0.2, -0.15) is 0 Å². The summed E-state index contributed by atoms with van der Waals surface area (Å²) in [6.45, 7) is 5.01. The van der Waals surface area contributed by atoms with Crippen LogP contribution < -0.4 is 5.32 Å². The molecule has 0 aliphatic heterocycles. The van der Waals surface area contributed by atoms with Gasteiger partial charge in [-0.1, -0.05) is 6.92 Å². The highest BCUT2D eigenvalue weighted by Crippen LogP contribution is 2.16. The van der Waals surface area contributed by atoms with E-state index in [1.807, 2.05) is 6.92 Å². The van der Waals surface area contributed by atoms with Crippen molar-refractivity contribution >= 4 is 17.0 Å². The maximum Gasteiger partial charge on any atom is 0.183 e. The molecule has 0 radical (unpaired) electrons. The molecule has 2 aromatic rings. The fourth-order valence-corrected chi connectivity index (χ4v) is 1.53. The van der Waals surface area contributed by atoms with Crippen LogP contribution in [0.4, 0.5) is 5.82 Å². The number of aromatic nitrogens is 4. The van der Waals surface area contributed by atoms with E-state index >= 15 is 0 Å². The second-order valence-electron chi connectivity index (χ2n) is 3.38. The van der Waals surface area contributed by atoms with Crippen molar-refractivity contribution in [2.45, 2.75) is 26.7 Å². The lowest BCUT2D eigenvalue weighted by molar-refractivity contribution is 0.860. The number of H-pyrrole nitrogens is 1. The van der Waals surface area contributed by atoms with Crippen LogP contribution in [0.5, 0.6) is 0 Å². The van der Waals surface area contributed by atoms with Crippen LogP contribution in [0.25, 0.3) is 11.2 Å². The van der Waals surface area contributed by atoms with E-state index in [0.717, 1.165) is 42.2 Å². The summed E-state index contributed by atoms with van der Waals surface area (Å²) >= 11 is 0. The lowest BCUT2D eigenvalue weighted by Gasteiger charge is -2.00. The Morgan fingerprint density at radius 2 is 2.20 bits per heavy atom. The third-order valence-electron chi connectivity index (χ3n) is 2.17. The zero-order chi connectivity index (χ0) is 10.7. The van der Waals surface area contributed by atoms with Crippen LogP contribution in [-0.2, 0) is 6.42 Å². The highest BCUT2D eigenvalue weighted by Gasteiger charge is 2.07. The third kappa shape index (κ3) is 1.91. The molecule has 2 N–H and O–H groups in total. The Labute approximate surface area is 88.4 Å². The summed E-state index contributed by atoms with van der Waals surface area (Å²) < 4.78 is 0. The first-order chi connectivity index (χ1) is 7.35. The molecule has 0 aromatic carbocycles. The first kappa shape index (κ1) is 9.89. The summed E-state index contributed by atoms with van der Waals surface area (Å²) in [5, 5.41) is 3.18. The van der Waals surface area contributed by atoms with Crippen molar-refractivity contribution < 1.29 is 0 Å². The Morgan fingerprint density at radius 3 is 2.93 bits per heavy atom. The monoisotopic (exact) mass is 205 g/mol. The van der Waals surface area contributed by atoms with E-state index in [9.17, 15) is 0 Å². The molecule has 0 spiro atoms. The van der Waals surface area contributed by atoms with Crippen molar-refractivity contribution in [3.63, 3.8) is 0 Å². The largest absolute Gasteiger partial charge is 0.368 e. The number of hydrogen-bond acceptors (Lipinski definition) is 4. The van der Waals surface area contributed by atoms with Gasteiger partial charge in [-0.15, -0.1) is 0 Å². The smallest absolute Gasteiger partial charge is 0.183 e. The standard InChI is InChI=1S/C10H15N5/c1-3-5-7-14-8-9(11-4-2)12-6-13-10(8)15-7/h6H,3-5H2,1-2H3,(H2,11,12,13,14,15). The molecule has 2 rings (SSSR count). The number of hydrogen-bond donors (Lipinski definition) is 2. The van der Waals surface area contributed by atoms with Gasteiger partial charge in [0, 0.05) is 13.0 Å². The maximum atomic E-state index is 4.40. The molecular weight excluding hydrogens is 190 g/mol. The molecule has 0 fully saturated rings. The highest BCUT2D eigenvalue weighted by molar-refractivity contribution is 5.82. The molecule has 2 aromatic heterocycles. The predicted octanol–water partition coefficient (Wildman–Crippen LogP) is 1.74. The first-order valence-electron chi connectivity index (χ1n) is 5.28. The Kier molecular flexibility index (Phi) is 2.80. The topological polar surface area (TPSA) is 66.5 Å². The van der Waals surface area contributed by atoms with E-state index in [2.05, 4.69) is 32.2 Å². The van der Waals surface area contributed by atoms with Crippen molar-refractivity contribution in [3.8, 4) is 0 Å². The van der Waals surface area contributed by atoms with Crippen LogP contribution in [-0.4, -0.2) is 26.5 Å². The fourth-order valence-electron chi connectivity index (χ4n) is 1.53. The van der Waals surface area contributed by atoms with E-state index in [4.69, 9.17) is 0 Å². The minimum Gasteiger partial charge on any atom is -0.368 e. The SMILES string of the molecule is CCCc1nc2ncnc(NCC)c2[nH]1. The Bertz CT molecular complexity index is 448. The molecule has 80 valence electrons. The number of fused-ring (bicyclic) bond motifs is 1. The molecule has 2 heterocycles. The van der Waals surface area contributed by atoms with Crippen molar-refractivity contribution in [2.75, 3.05) is 11.9 Å². The lowest BCUT2D eigenvalue weighted by atomic mass is 10.3. The van der Waals surface area contributed by atoms with Crippen LogP contribution in [0.3, 0.4) is 0 Å². The molecule has 0 amide bonds. The van der Waals surface area contributed by atoms with Gasteiger partial charge in [0.2, 0.25) is 0 Å². The summed E-state index contributed by atoms with van der Waals surface area (Å²) in [7, 11) is 0. The predicted molar refractivity (Wildman–Crippen MR) is 59.8 cm³/mol. The lowest BCUT2D eigenvalue weighted by Crippen LogP contribution is -2.00. The van der Waals surface area contributed by atoms with Gasteiger partial charge >= 0.3 is 0 Å². The number of aromatic amines is 1. The van der Waals surface area contributed by atoms with Gasteiger partial charge in [-0.05, 0) is 13.3 Å².